The molecule has 0 aromatic heterocycles. The van der Waals surface area contributed by atoms with Crippen LogP contribution in [-0.4, -0.2) is 17.1 Å². The van der Waals surface area contributed by atoms with Crippen LogP contribution in [0.4, 0.5) is 4.79 Å². The first-order valence-electron chi connectivity index (χ1n) is 5.19. The molecule has 0 rings (SSSR count). The van der Waals surface area contributed by atoms with Crippen LogP contribution in [0.25, 0.3) is 0 Å². The van der Waals surface area contributed by atoms with Gasteiger partial charge in [0.15, 0.2) is 0 Å². The molecule has 0 spiro atoms. The average molecular weight is 218 g/mol. The molecule has 0 heterocycles. The Morgan fingerprint density at radius 3 is 2.00 bits per heavy atom. The van der Waals surface area contributed by atoms with Crippen LogP contribution >= 0.6 is 0 Å². The molecule has 1 unspecified atom stereocenters. The van der Waals surface area contributed by atoms with Crippen LogP contribution in [0.5, 0.6) is 0 Å². The highest BCUT2D eigenvalue weighted by atomic mass is 16.4. The second kappa shape index (κ2) is 10.8. The normalized spacial score (nSPS) is 11.1. The average Bonchev–Trinajstić information content (AvgIpc) is 2.11. The van der Waals surface area contributed by atoms with E-state index < -0.39 is 6.09 Å². The van der Waals surface area contributed by atoms with Crippen LogP contribution in [0.2, 0.25) is 0 Å². The van der Waals surface area contributed by atoms with Gasteiger partial charge in [-0.1, -0.05) is 39.5 Å². The Bertz CT molecular complexity index is 180. The van der Waals surface area contributed by atoms with Gasteiger partial charge in [0.1, 0.15) is 0 Å². The maximum absolute atomic E-state index is 10.6. The number of amides is 2. The number of unbranched alkanes of at least 4 members (excludes halogenated alkanes) is 3. The van der Waals surface area contributed by atoms with Crippen molar-refractivity contribution < 1.29 is 14.7 Å². The fourth-order valence-corrected chi connectivity index (χ4v) is 1.02. The molecular weight excluding hydrogens is 196 g/mol. The van der Waals surface area contributed by atoms with Crippen molar-refractivity contribution in [2.45, 2.75) is 46.0 Å². The Balaban J connectivity index is 0. The number of carbonyl (C=O) groups is 2. The lowest BCUT2D eigenvalue weighted by Gasteiger charge is -2.05. The van der Waals surface area contributed by atoms with Gasteiger partial charge in [-0.2, -0.15) is 0 Å². The van der Waals surface area contributed by atoms with E-state index in [9.17, 15) is 4.79 Å². The SMILES string of the molecule is CCCCCCC(C)C(N)=O.NC(=O)O. The summed E-state index contributed by atoms with van der Waals surface area (Å²) in [5, 5.41) is 7.19. The summed E-state index contributed by atoms with van der Waals surface area (Å²) in [6.45, 7) is 4.08. The lowest BCUT2D eigenvalue weighted by atomic mass is 10.0. The van der Waals surface area contributed by atoms with E-state index in [0.29, 0.717) is 0 Å². The zero-order chi connectivity index (χ0) is 12.3. The van der Waals surface area contributed by atoms with Crippen LogP contribution in [0.1, 0.15) is 46.0 Å². The fourth-order valence-electron chi connectivity index (χ4n) is 1.02. The highest BCUT2D eigenvalue weighted by Gasteiger charge is 2.06. The molecule has 0 aromatic rings. The topological polar surface area (TPSA) is 106 Å². The minimum atomic E-state index is -1.33. The minimum absolute atomic E-state index is 0.0619. The smallest absolute Gasteiger partial charge is 0.402 e. The summed E-state index contributed by atoms with van der Waals surface area (Å²) in [5.41, 5.74) is 9.14. The number of hydrogen-bond donors (Lipinski definition) is 3. The molecule has 15 heavy (non-hydrogen) atoms. The van der Waals surface area contributed by atoms with Gasteiger partial charge in [0.05, 0.1) is 0 Å². The minimum Gasteiger partial charge on any atom is -0.465 e. The van der Waals surface area contributed by atoms with Crippen molar-refractivity contribution in [3.63, 3.8) is 0 Å². The summed E-state index contributed by atoms with van der Waals surface area (Å²) in [4.78, 5) is 19.4. The summed E-state index contributed by atoms with van der Waals surface area (Å²) in [5.74, 6) is -0.103. The highest BCUT2D eigenvalue weighted by Crippen LogP contribution is 2.09. The number of primary amides is 2. The van der Waals surface area contributed by atoms with Crippen LogP contribution in [-0.2, 0) is 4.79 Å². The monoisotopic (exact) mass is 218 g/mol. The third-order valence-electron chi connectivity index (χ3n) is 1.98. The first-order chi connectivity index (χ1) is 6.91. The van der Waals surface area contributed by atoms with Crippen molar-refractivity contribution in [1.29, 1.82) is 0 Å². The zero-order valence-corrected chi connectivity index (χ0v) is 9.53. The van der Waals surface area contributed by atoms with Gasteiger partial charge in [0.2, 0.25) is 5.91 Å². The molecule has 1 atom stereocenters. The number of rotatable bonds is 6. The van der Waals surface area contributed by atoms with Crippen LogP contribution in [0.15, 0.2) is 0 Å². The lowest BCUT2D eigenvalue weighted by Crippen LogP contribution is -2.20. The molecule has 0 aromatic carbocycles. The number of carbonyl (C=O) groups excluding carboxylic acids is 1. The van der Waals surface area contributed by atoms with Gasteiger partial charge in [-0.15, -0.1) is 0 Å². The first kappa shape index (κ1) is 16.2. The summed E-state index contributed by atoms with van der Waals surface area (Å²) in [6, 6.07) is 0. The van der Waals surface area contributed by atoms with Crippen LogP contribution in [0, 0.1) is 5.92 Å². The summed E-state index contributed by atoms with van der Waals surface area (Å²) < 4.78 is 0. The van der Waals surface area contributed by atoms with E-state index in [1.165, 1.54) is 19.3 Å². The van der Waals surface area contributed by atoms with Gasteiger partial charge in [0.25, 0.3) is 0 Å². The maximum Gasteiger partial charge on any atom is 0.402 e. The second-order valence-corrected chi connectivity index (χ2v) is 3.49. The molecule has 0 aliphatic heterocycles. The summed E-state index contributed by atoms with van der Waals surface area (Å²) >= 11 is 0. The molecular formula is C10H22N2O3. The molecule has 0 aliphatic rings. The van der Waals surface area contributed by atoms with Gasteiger partial charge >= 0.3 is 6.09 Å². The third kappa shape index (κ3) is 19.2. The molecule has 90 valence electrons. The molecule has 0 bridgehead atoms. The first-order valence-corrected chi connectivity index (χ1v) is 5.19. The van der Waals surface area contributed by atoms with Gasteiger partial charge in [-0.05, 0) is 6.42 Å². The van der Waals surface area contributed by atoms with Gasteiger partial charge in [-0.25, -0.2) is 4.79 Å². The molecule has 5 N–H and O–H groups in total. The summed E-state index contributed by atoms with van der Waals surface area (Å²) in [7, 11) is 0. The quantitative estimate of drug-likeness (QED) is 0.590. The molecule has 5 heteroatoms. The van der Waals surface area contributed by atoms with E-state index in [2.05, 4.69) is 12.7 Å². The Kier molecular flexibility index (Phi) is 11.7. The predicted octanol–water partition coefficient (Wildman–Crippen LogP) is 1.70. The molecule has 0 aliphatic carbocycles. The Labute approximate surface area is 90.8 Å². The fraction of sp³-hybridized carbons (Fsp3) is 0.800. The highest BCUT2D eigenvalue weighted by molar-refractivity contribution is 5.76. The van der Waals surface area contributed by atoms with Crippen molar-refractivity contribution >= 4 is 12.0 Å². The molecule has 2 amide bonds. The van der Waals surface area contributed by atoms with Crippen molar-refractivity contribution in [1.82, 2.24) is 0 Å². The Hall–Kier alpha value is -1.26. The van der Waals surface area contributed by atoms with Crippen molar-refractivity contribution in [3.05, 3.63) is 0 Å². The van der Waals surface area contributed by atoms with E-state index >= 15 is 0 Å². The van der Waals surface area contributed by atoms with Crippen LogP contribution in [0.3, 0.4) is 0 Å². The number of nitrogens with two attached hydrogens (primary N) is 2. The predicted molar refractivity (Wildman–Crippen MR) is 59.3 cm³/mol. The number of carboxylic acid groups (broad SMARTS) is 1. The van der Waals surface area contributed by atoms with E-state index in [-0.39, 0.29) is 11.8 Å². The third-order valence-corrected chi connectivity index (χ3v) is 1.98. The molecule has 0 saturated heterocycles. The van der Waals surface area contributed by atoms with Gasteiger partial charge in [0, 0.05) is 5.92 Å². The molecule has 0 radical (unpaired) electrons. The lowest BCUT2D eigenvalue weighted by molar-refractivity contribution is -0.121. The largest absolute Gasteiger partial charge is 0.465 e. The molecule has 5 nitrogen and oxygen atoms in total. The van der Waals surface area contributed by atoms with Crippen molar-refractivity contribution in [3.8, 4) is 0 Å². The van der Waals surface area contributed by atoms with E-state index in [4.69, 9.17) is 15.6 Å². The van der Waals surface area contributed by atoms with Crippen molar-refractivity contribution in [2.75, 3.05) is 0 Å². The van der Waals surface area contributed by atoms with Gasteiger partial charge in [-0.3, -0.25) is 4.79 Å². The van der Waals surface area contributed by atoms with Gasteiger partial charge < -0.3 is 16.6 Å². The number of hydrogen-bond acceptors (Lipinski definition) is 2. The van der Waals surface area contributed by atoms with E-state index in [0.717, 1.165) is 12.8 Å². The van der Waals surface area contributed by atoms with Crippen LogP contribution < -0.4 is 11.5 Å². The van der Waals surface area contributed by atoms with E-state index in [1.807, 2.05) is 6.92 Å². The Morgan fingerprint density at radius 2 is 1.67 bits per heavy atom. The summed E-state index contributed by atoms with van der Waals surface area (Å²) in [6.07, 6.45) is 4.50. The zero-order valence-electron chi connectivity index (χ0n) is 9.53. The van der Waals surface area contributed by atoms with E-state index in [1.54, 1.807) is 0 Å². The Morgan fingerprint density at radius 1 is 1.20 bits per heavy atom. The second-order valence-electron chi connectivity index (χ2n) is 3.49. The maximum atomic E-state index is 10.6. The molecule has 0 fully saturated rings. The molecule has 0 saturated carbocycles. The standard InChI is InChI=1S/C9H19NO.CH3NO2/c1-3-4-5-6-7-8(2)9(10)11;2-1(3)4/h8H,3-7H2,1-2H3,(H2,10,11);2H2,(H,3,4). The van der Waals surface area contributed by atoms with Crippen molar-refractivity contribution in [2.24, 2.45) is 17.4 Å².